The van der Waals surface area contributed by atoms with Gasteiger partial charge in [-0.1, -0.05) is 0 Å². The number of hydrogen-bond acceptors (Lipinski definition) is 5. The first-order valence-corrected chi connectivity index (χ1v) is 6.19. The number of nitrogens with zero attached hydrogens (tertiary/aromatic N) is 4. The molecule has 1 saturated heterocycles. The quantitative estimate of drug-likeness (QED) is 0.814. The van der Waals surface area contributed by atoms with Gasteiger partial charge in [0.2, 0.25) is 0 Å². The highest BCUT2D eigenvalue weighted by atomic mass is 15.3. The number of nitrogens with two attached hydrogens (primary N) is 1. The summed E-state index contributed by atoms with van der Waals surface area (Å²) in [5.41, 5.74) is 5.69. The highest BCUT2D eigenvalue weighted by molar-refractivity contribution is 5.37. The van der Waals surface area contributed by atoms with E-state index >= 15 is 0 Å². The molecular weight excluding hydrogens is 214 g/mol. The summed E-state index contributed by atoms with van der Waals surface area (Å²) in [4.78, 5) is 13.3. The zero-order valence-corrected chi connectivity index (χ0v) is 10.6. The van der Waals surface area contributed by atoms with E-state index in [0.29, 0.717) is 6.04 Å². The Bertz CT molecular complexity index is 360. The Balaban J connectivity index is 1.95. The summed E-state index contributed by atoms with van der Waals surface area (Å²) in [6.07, 6.45) is 1.83. The molecule has 0 bridgehead atoms. The third-order valence-electron chi connectivity index (χ3n) is 3.36. The maximum absolute atomic E-state index is 5.69. The van der Waals surface area contributed by atoms with Gasteiger partial charge in [-0.3, -0.25) is 4.90 Å². The molecule has 1 aliphatic rings. The molecule has 0 saturated carbocycles. The Morgan fingerprint density at radius 2 is 2.06 bits per heavy atom. The predicted molar refractivity (Wildman–Crippen MR) is 69.1 cm³/mol. The van der Waals surface area contributed by atoms with Gasteiger partial charge in [0.25, 0.3) is 0 Å². The summed E-state index contributed by atoms with van der Waals surface area (Å²) >= 11 is 0. The number of rotatable bonds is 3. The fourth-order valence-electron chi connectivity index (χ4n) is 2.16. The minimum Gasteiger partial charge on any atom is -0.354 e. The lowest BCUT2D eigenvalue weighted by atomic mass is 10.2. The van der Waals surface area contributed by atoms with Crippen molar-refractivity contribution in [1.29, 1.82) is 0 Å². The Hall–Kier alpha value is -1.20. The molecule has 1 atom stereocenters. The van der Waals surface area contributed by atoms with Crippen LogP contribution < -0.4 is 10.6 Å². The fourth-order valence-corrected chi connectivity index (χ4v) is 2.16. The van der Waals surface area contributed by atoms with Crippen molar-refractivity contribution >= 4 is 5.82 Å². The topological polar surface area (TPSA) is 58.3 Å². The standard InChI is InChI=1S/C12H21N5/c1-10(9-13)16-5-7-17(8-6-16)12-3-4-14-11(2)15-12/h3-4,10H,5-9,13H2,1-2H3. The van der Waals surface area contributed by atoms with Gasteiger partial charge in [0, 0.05) is 45.0 Å². The first kappa shape index (κ1) is 12.3. The lowest BCUT2D eigenvalue weighted by Crippen LogP contribution is -2.51. The molecular formula is C12H21N5. The summed E-state index contributed by atoms with van der Waals surface area (Å²) in [6.45, 7) is 8.98. The molecule has 1 aliphatic heterocycles. The van der Waals surface area contributed by atoms with Gasteiger partial charge < -0.3 is 10.6 Å². The number of aryl methyl sites for hydroxylation is 1. The van der Waals surface area contributed by atoms with Crippen LogP contribution in [-0.4, -0.2) is 53.6 Å². The average Bonchev–Trinajstić information content (AvgIpc) is 2.38. The van der Waals surface area contributed by atoms with Gasteiger partial charge in [0.15, 0.2) is 0 Å². The molecule has 17 heavy (non-hydrogen) atoms. The lowest BCUT2D eigenvalue weighted by Gasteiger charge is -2.38. The second-order valence-corrected chi connectivity index (χ2v) is 4.57. The molecule has 0 radical (unpaired) electrons. The Kier molecular flexibility index (Phi) is 3.91. The molecule has 2 heterocycles. The Labute approximate surface area is 103 Å². The zero-order valence-electron chi connectivity index (χ0n) is 10.6. The van der Waals surface area contributed by atoms with Crippen LogP contribution in [0.2, 0.25) is 0 Å². The highest BCUT2D eigenvalue weighted by Crippen LogP contribution is 2.13. The van der Waals surface area contributed by atoms with Crippen molar-refractivity contribution in [3.63, 3.8) is 0 Å². The van der Waals surface area contributed by atoms with Crippen LogP contribution in [0.15, 0.2) is 12.3 Å². The summed E-state index contributed by atoms with van der Waals surface area (Å²) in [5.74, 6) is 1.87. The van der Waals surface area contributed by atoms with E-state index in [-0.39, 0.29) is 0 Å². The van der Waals surface area contributed by atoms with Gasteiger partial charge >= 0.3 is 0 Å². The van der Waals surface area contributed by atoms with Gasteiger partial charge in [-0.2, -0.15) is 0 Å². The zero-order chi connectivity index (χ0) is 12.3. The van der Waals surface area contributed by atoms with Crippen molar-refractivity contribution in [2.24, 2.45) is 5.73 Å². The fraction of sp³-hybridized carbons (Fsp3) is 0.667. The largest absolute Gasteiger partial charge is 0.354 e. The Morgan fingerprint density at radius 3 is 2.65 bits per heavy atom. The van der Waals surface area contributed by atoms with Gasteiger partial charge in [-0.25, -0.2) is 9.97 Å². The molecule has 2 N–H and O–H groups in total. The summed E-state index contributed by atoms with van der Waals surface area (Å²) in [7, 11) is 0. The second-order valence-electron chi connectivity index (χ2n) is 4.57. The first-order valence-electron chi connectivity index (χ1n) is 6.19. The first-order chi connectivity index (χ1) is 8.20. The van der Waals surface area contributed by atoms with Crippen LogP contribution in [0.4, 0.5) is 5.82 Å². The highest BCUT2D eigenvalue weighted by Gasteiger charge is 2.20. The van der Waals surface area contributed by atoms with Crippen LogP contribution in [0, 0.1) is 6.92 Å². The van der Waals surface area contributed by atoms with Gasteiger partial charge in [-0.15, -0.1) is 0 Å². The summed E-state index contributed by atoms with van der Waals surface area (Å²) in [6, 6.07) is 2.46. The van der Waals surface area contributed by atoms with E-state index in [2.05, 4.69) is 26.7 Å². The summed E-state index contributed by atoms with van der Waals surface area (Å²) < 4.78 is 0. The Morgan fingerprint density at radius 1 is 1.35 bits per heavy atom. The van der Waals surface area contributed by atoms with Crippen molar-refractivity contribution < 1.29 is 0 Å². The molecule has 0 aliphatic carbocycles. The second kappa shape index (κ2) is 5.42. The molecule has 0 spiro atoms. The molecule has 0 amide bonds. The minimum atomic E-state index is 0.476. The monoisotopic (exact) mass is 235 g/mol. The molecule has 1 aromatic heterocycles. The van der Waals surface area contributed by atoms with Crippen molar-refractivity contribution in [3.05, 3.63) is 18.1 Å². The SMILES string of the molecule is Cc1nccc(N2CCN(C(C)CN)CC2)n1. The van der Waals surface area contributed by atoms with Crippen LogP contribution >= 0.6 is 0 Å². The summed E-state index contributed by atoms with van der Waals surface area (Å²) in [5, 5.41) is 0. The van der Waals surface area contributed by atoms with E-state index in [1.54, 1.807) is 0 Å². The molecule has 94 valence electrons. The van der Waals surface area contributed by atoms with E-state index in [1.807, 2.05) is 19.2 Å². The average molecular weight is 235 g/mol. The van der Waals surface area contributed by atoms with Crippen LogP contribution in [-0.2, 0) is 0 Å². The normalized spacial score (nSPS) is 19.4. The molecule has 2 rings (SSSR count). The molecule has 5 heteroatoms. The van der Waals surface area contributed by atoms with Crippen LogP contribution in [0.5, 0.6) is 0 Å². The number of piperazine rings is 1. The maximum atomic E-state index is 5.69. The van der Waals surface area contributed by atoms with E-state index in [1.165, 1.54) is 0 Å². The molecule has 1 fully saturated rings. The number of hydrogen-bond donors (Lipinski definition) is 1. The van der Waals surface area contributed by atoms with E-state index in [9.17, 15) is 0 Å². The van der Waals surface area contributed by atoms with Crippen molar-refractivity contribution in [3.8, 4) is 0 Å². The van der Waals surface area contributed by atoms with E-state index in [0.717, 1.165) is 44.4 Å². The number of aromatic nitrogens is 2. The van der Waals surface area contributed by atoms with Gasteiger partial charge in [0.1, 0.15) is 11.6 Å². The van der Waals surface area contributed by atoms with E-state index < -0.39 is 0 Å². The smallest absolute Gasteiger partial charge is 0.132 e. The van der Waals surface area contributed by atoms with Crippen molar-refractivity contribution in [2.75, 3.05) is 37.6 Å². The molecule has 0 aromatic carbocycles. The number of anilines is 1. The molecule has 1 unspecified atom stereocenters. The van der Waals surface area contributed by atoms with Crippen LogP contribution in [0.25, 0.3) is 0 Å². The van der Waals surface area contributed by atoms with Gasteiger partial charge in [0.05, 0.1) is 0 Å². The van der Waals surface area contributed by atoms with E-state index in [4.69, 9.17) is 5.73 Å². The van der Waals surface area contributed by atoms with Crippen LogP contribution in [0.3, 0.4) is 0 Å². The molecule has 1 aromatic rings. The third-order valence-corrected chi connectivity index (χ3v) is 3.36. The maximum Gasteiger partial charge on any atom is 0.132 e. The van der Waals surface area contributed by atoms with Crippen molar-refractivity contribution in [2.45, 2.75) is 19.9 Å². The molecule has 5 nitrogen and oxygen atoms in total. The lowest BCUT2D eigenvalue weighted by molar-refractivity contribution is 0.201. The predicted octanol–water partition coefficient (Wildman–Crippen LogP) is 0.254. The third kappa shape index (κ3) is 2.92. The van der Waals surface area contributed by atoms with Crippen molar-refractivity contribution in [1.82, 2.24) is 14.9 Å². The van der Waals surface area contributed by atoms with Gasteiger partial charge in [-0.05, 0) is 19.9 Å². The minimum absolute atomic E-state index is 0.476. The van der Waals surface area contributed by atoms with Crippen LogP contribution in [0.1, 0.15) is 12.7 Å².